The summed E-state index contributed by atoms with van der Waals surface area (Å²) in [4.78, 5) is 12.5. The second kappa shape index (κ2) is 9.02. The van der Waals surface area contributed by atoms with Crippen molar-refractivity contribution in [3.05, 3.63) is 64.1 Å². The van der Waals surface area contributed by atoms with Crippen molar-refractivity contribution in [2.24, 2.45) is 0 Å². The number of amides is 1. The fraction of sp³-hybridized carbons (Fsp3) is 0.375. The van der Waals surface area contributed by atoms with Crippen LogP contribution < -0.4 is 20.9 Å². The van der Waals surface area contributed by atoms with Crippen molar-refractivity contribution in [3.8, 4) is 5.75 Å². The van der Waals surface area contributed by atoms with Gasteiger partial charge < -0.3 is 19.6 Å². The van der Waals surface area contributed by atoms with Gasteiger partial charge in [-0.1, -0.05) is 23.2 Å². The zero-order valence-corrected chi connectivity index (χ0v) is 19.7. The first-order valence-electron chi connectivity index (χ1n) is 11.0. The van der Waals surface area contributed by atoms with Crippen LogP contribution in [-0.4, -0.2) is 41.3 Å². The van der Waals surface area contributed by atoms with Gasteiger partial charge in [-0.2, -0.15) is 0 Å². The van der Waals surface area contributed by atoms with E-state index in [4.69, 9.17) is 32.4 Å². The highest BCUT2D eigenvalue weighted by atomic mass is 35.5. The quantitative estimate of drug-likeness (QED) is 0.324. The minimum atomic E-state index is -0.752. The van der Waals surface area contributed by atoms with Gasteiger partial charge in [0.05, 0.1) is 5.02 Å². The second-order valence-electron chi connectivity index (χ2n) is 9.21. The lowest BCUT2D eigenvalue weighted by molar-refractivity contribution is 0.0615. The molecule has 3 aliphatic carbocycles. The third kappa shape index (κ3) is 4.74. The standard InChI is InChI=1S/C24H24Cl2FN3O4/c25-15-1-4-20-14(7-15)8-21(34-20)22(32)29-30-24-6-5-23(12-24,13-24)28-10-16(31)11-33-17-2-3-18(26)19(27)9-17/h1-4,7-9,16,28,30-31H,5-6,10-13H2,(H,29,32). The molecule has 2 bridgehead atoms. The molecule has 3 fully saturated rings. The maximum absolute atomic E-state index is 13.5. The van der Waals surface area contributed by atoms with Crippen LogP contribution in [0.1, 0.15) is 36.2 Å². The van der Waals surface area contributed by atoms with Crippen LogP contribution in [0.2, 0.25) is 10.0 Å². The Morgan fingerprint density at radius 3 is 2.74 bits per heavy atom. The van der Waals surface area contributed by atoms with Gasteiger partial charge in [0.25, 0.3) is 0 Å². The van der Waals surface area contributed by atoms with E-state index in [0.717, 1.165) is 31.1 Å². The Balaban J connectivity index is 1.07. The number of aliphatic hydroxyl groups is 1. The number of carbonyl (C=O) groups is 1. The van der Waals surface area contributed by atoms with Crippen molar-refractivity contribution in [1.29, 1.82) is 0 Å². The molecule has 7 nitrogen and oxygen atoms in total. The Morgan fingerprint density at radius 2 is 1.94 bits per heavy atom. The minimum Gasteiger partial charge on any atom is -0.491 e. The largest absolute Gasteiger partial charge is 0.491 e. The number of nitrogens with one attached hydrogen (secondary N) is 3. The number of ether oxygens (including phenoxy) is 1. The molecule has 1 atom stereocenters. The van der Waals surface area contributed by atoms with E-state index in [9.17, 15) is 14.3 Å². The molecule has 3 aliphatic rings. The number of hydrazine groups is 1. The average molecular weight is 508 g/mol. The number of aliphatic hydroxyl groups excluding tert-OH is 1. The van der Waals surface area contributed by atoms with Gasteiger partial charge in [0.2, 0.25) is 0 Å². The smallest absolute Gasteiger partial charge is 0.301 e. The van der Waals surface area contributed by atoms with Gasteiger partial charge >= 0.3 is 5.91 Å². The van der Waals surface area contributed by atoms with Crippen molar-refractivity contribution in [2.45, 2.75) is 42.9 Å². The summed E-state index contributed by atoms with van der Waals surface area (Å²) in [6.07, 6.45) is 2.72. The van der Waals surface area contributed by atoms with Gasteiger partial charge in [0.15, 0.2) is 5.76 Å². The van der Waals surface area contributed by atoms with E-state index in [-0.39, 0.29) is 34.4 Å². The number of carbonyl (C=O) groups excluding carboxylic acids is 1. The van der Waals surface area contributed by atoms with Gasteiger partial charge in [0.1, 0.15) is 29.9 Å². The molecule has 4 N–H and O–H groups in total. The van der Waals surface area contributed by atoms with Crippen molar-refractivity contribution in [3.63, 3.8) is 0 Å². The molecule has 0 aliphatic heterocycles. The maximum atomic E-state index is 13.5. The number of hydrogen-bond acceptors (Lipinski definition) is 6. The highest BCUT2D eigenvalue weighted by Crippen LogP contribution is 2.54. The average Bonchev–Trinajstić information content (AvgIpc) is 3.48. The predicted octanol–water partition coefficient (Wildman–Crippen LogP) is 4.21. The van der Waals surface area contributed by atoms with E-state index in [2.05, 4.69) is 16.2 Å². The van der Waals surface area contributed by atoms with Crippen molar-refractivity contribution in [2.75, 3.05) is 13.2 Å². The Bertz CT molecular complexity index is 1230. The molecular weight excluding hydrogens is 484 g/mol. The van der Waals surface area contributed by atoms with Crippen LogP contribution in [-0.2, 0) is 0 Å². The number of hydrogen-bond donors (Lipinski definition) is 4. The number of halogens is 3. The molecule has 0 radical (unpaired) electrons. The van der Waals surface area contributed by atoms with Crippen molar-refractivity contribution < 1.29 is 23.4 Å². The van der Waals surface area contributed by atoms with Crippen LogP contribution in [0.4, 0.5) is 4.39 Å². The van der Waals surface area contributed by atoms with Crippen LogP contribution in [0.3, 0.4) is 0 Å². The highest BCUT2D eigenvalue weighted by molar-refractivity contribution is 6.31. The van der Waals surface area contributed by atoms with Crippen LogP contribution in [0, 0.1) is 5.82 Å². The van der Waals surface area contributed by atoms with Gasteiger partial charge in [-0.25, -0.2) is 9.82 Å². The summed E-state index contributed by atoms with van der Waals surface area (Å²) in [6, 6.07) is 11.0. The number of furan rings is 1. The fourth-order valence-electron chi connectivity index (χ4n) is 4.97. The summed E-state index contributed by atoms with van der Waals surface area (Å²) in [5.41, 5.74) is 6.30. The van der Waals surface area contributed by atoms with E-state index >= 15 is 0 Å². The molecule has 6 rings (SSSR count). The minimum absolute atomic E-state index is 0.0238. The summed E-state index contributed by atoms with van der Waals surface area (Å²) in [6.45, 7) is 0.381. The van der Waals surface area contributed by atoms with Gasteiger partial charge in [-0.15, -0.1) is 0 Å². The first kappa shape index (κ1) is 23.4. The summed E-state index contributed by atoms with van der Waals surface area (Å²) < 4.78 is 24.6. The Hall–Kier alpha value is -2.36. The van der Waals surface area contributed by atoms with Crippen LogP contribution in [0.25, 0.3) is 11.0 Å². The number of fused-ring (bicyclic) bond motifs is 2. The second-order valence-corrected chi connectivity index (χ2v) is 10.1. The van der Waals surface area contributed by atoms with E-state index in [1.165, 1.54) is 12.1 Å². The molecule has 1 aromatic heterocycles. The third-order valence-corrected chi connectivity index (χ3v) is 7.17. The highest BCUT2D eigenvalue weighted by Gasteiger charge is 2.60. The molecule has 3 saturated carbocycles. The zero-order valence-electron chi connectivity index (χ0n) is 18.2. The van der Waals surface area contributed by atoms with E-state index in [0.29, 0.717) is 22.9 Å². The van der Waals surface area contributed by atoms with E-state index < -0.39 is 11.9 Å². The molecule has 2 aromatic carbocycles. The monoisotopic (exact) mass is 507 g/mol. The summed E-state index contributed by atoms with van der Waals surface area (Å²) >= 11 is 11.7. The third-order valence-electron chi connectivity index (χ3n) is 6.63. The molecule has 1 heterocycles. The number of benzene rings is 2. The first-order chi connectivity index (χ1) is 16.2. The molecule has 0 spiro atoms. The lowest BCUT2D eigenvalue weighted by atomic mass is 9.71. The Kier molecular flexibility index (Phi) is 6.20. The summed E-state index contributed by atoms with van der Waals surface area (Å²) in [7, 11) is 0. The molecule has 34 heavy (non-hydrogen) atoms. The number of rotatable bonds is 9. The Labute approximate surface area is 205 Å². The zero-order chi connectivity index (χ0) is 23.9. The molecular formula is C24H24Cl2FN3O4. The topological polar surface area (TPSA) is 95.8 Å². The lowest BCUT2D eigenvalue weighted by Gasteiger charge is -2.48. The normalized spacial score (nSPS) is 24.1. The van der Waals surface area contributed by atoms with Gasteiger partial charge in [0, 0.05) is 34.1 Å². The molecule has 0 saturated heterocycles. The van der Waals surface area contributed by atoms with E-state index in [1.54, 1.807) is 30.3 Å². The summed E-state index contributed by atoms with van der Waals surface area (Å²) in [5, 5.41) is 15.1. The molecule has 3 aromatic rings. The molecule has 10 heteroatoms. The Morgan fingerprint density at radius 1 is 1.15 bits per heavy atom. The molecule has 180 valence electrons. The van der Waals surface area contributed by atoms with Gasteiger partial charge in [-0.05, 0) is 62.1 Å². The van der Waals surface area contributed by atoms with Gasteiger partial charge in [-0.3, -0.25) is 10.2 Å². The van der Waals surface area contributed by atoms with Crippen molar-refractivity contribution >= 4 is 40.1 Å². The lowest BCUT2D eigenvalue weighted by Crippen LogP contribution is -2.66. The van der Waals surface area contributed by atoms with Crippen LogP contribution in [0.15, 0.2) is 46.9 Å². The fourth-order valence-corrected chi connectivity index (χ4v) is 5.27. The number of β-amino-alcohol motifs (C(OH)–C–C–N with tert-alkyl or cyclic N) is 1. The van der Waals surface area contributed by atoms with Crippen molar-refractivity contribution in [1.82, 2.24) is 16.2 Å². The molecule has 1 unspecified atom stereocenters. The first-order valence-corrected chi connectivity index (χ1v) is 11.8. The SMILES string of the molecule is O=C(NNC12CCC(NCC(O)COc3ccc(Cl)c(F)c3)(C1)C2)c1cc2cc(Cl)ccc2o1. The summed E-state index contributed by atoms with van der Waals surface area (Å²) in [5.74, 6) is -0.376. The molecule has 1 amide bonds. The van der Waals surface area contributed by atoms with Crippen LogP contribution >= 0.6 is 23.2 Å². The van der Waals surface area contributed by atoms with Crippen LogP contribution in [0.5, 0.6) is 5.75 Å². The van der Waals surface area contributed by atoms with E-state index in [1.807, 2.05) is 0 Å². The predicted molar refractivity (Wildman–Crippen MR) is 127 cm³/mol. The maximum Gasteiger partial charge on any atom is 0.301 e.